The van der Waals surface area contributed by atoms with Gasteiger partial charge in [0, 0.05) is 22.8 Å². The van der Waals surface area contributed by atoms with Crippen LogP contribution < -0.4 is 0 Å². The number of aliphatic hydroxyl groups is 1. The first-order valence-electron chi connectivity index (χ1n) is 6.09. The van der Waals surface area contributed by atoms with Crippen LogP contribution in [-0.4, -0.2) is 14.9 Å². The lowest BCUT2D eigenvalue weighted by atomic mass is 10.0. The van der Waals surface area contributed by atoms with Crippen molar-refractivity contribution < 1.29 is 5.11 Å². The fraction of sp³-hybridized carbons (Fsp3) is 0.357. The highest BCUT2D eigenvalue weighted by atomic mass is 79.9. The average Bonchev–Trinajstić information content (AvgIpc) is 2.81. The standard InChI is InChI=1S/C14H17BrN2O/c1-3-7-17-9-11(8-16-17)14(18)12-6-4-5-10(2)13(12)15/h4-6,8-9,14,18H,3,7H2,1-2H3. The molecule has 1 N–H and O–H groups in total. The Labute approximate surface area is 116 Å². The van der Waals surface area contributed by atoms with Gasteiger partial charge in [-0.05, 0) is 24.5 Å². The Balaban J connectivity index is 2.29. The molecule has 0 aliphatic carbocycles. The van der Waals surface area contributed by atoms with Gasteiger partial charge < -0.3 is 5.11 Å². The van der Waals surface area contributed by atoms with E-state index in [1.165, 1.54) is 0 Å². The zero-order valence-electron chi connectivity index (χ0n) is 10.6. The highest BCUT2D eigenvalue weighted by molar-refractivity contribution is 9.10. The molecule has 18 heavy (non-hydrogen) atoms. The van der Waals surface area contributed by atoms with E-state index in [0.717, 1.165) is 34.1 Å². The second-order valence-corrected chi connectivity index (χ2v) is 5.21. The molecule has 0 spiro atoms. The molecule has 0 saturated heterocycles. The third-order valence-corrected chi connectivity index (χ3v) is 4.02. The molecule has 0 bridgehead atoms. The maximum Gasteiger partial charge on any atom is 0.108 e. The summed E-state index contributed by atoms with van der Waals surface area (Å²) in [6, 6.07) is 5.90. The van der Waals surface area contributed by atoms with Crippen molar-refractivity contribution >= 4 is 15.9 Å². The van der Waals surface area contributed by atoms with Crippen molar-refractivity contribution in [2.45, 2.75) is 32.9 Å². The first kappa shape index (κ1) is 13.3. The molecule has 1 unspecified atom stereocenters. The van der Waals surface area contributed by atoms with Crippen LogP contribution in [0.1, 0.15) is 36.1 Å². The topological polar surface area (TPSA) is 38.0 Å². The van der Waals surface area contributed by atoms with Crippen LogP contribution in [-0.2, 0) is 6.54 Å². The van der Waals surface area contributed by atoms with Crippen LogP contribution in [0.5, 0.6) is 0 Å². The van der Waals surface area contributed by atoms with Gasteiger partial charge in [-0.25, -0.2) is 0 Å². The summed E-state index contributed by atoms with van der Waals surface area (Å²) in [6.07, 6.45) is 4.04. The van der Waals surface area contributed by atoms with E-state index in [1.54, 1.807) is 6.20 Å². The average molecular weight is 309 g/mol. The third-order valence-electron chi connectivity index (χ3n) is 2.94. The Morgan fingerprint density at radius 2 is 2.22 bits per heavy atom. The van der Waals surface area contributed by atoms with Crippen LogP contribution in [0, 0.1) is 6.92 Å². The fourth-order valence-electron chi connectivity index (χ4n) is 1.93. The Kier molecular flexibility index (Phi) is 4.19. The SMILES string of the molecule is CCCn1cc(C(O)c2cccc(C)c2Br)cn1. The molecule has 3 nitrogen and oxygen atoms in total. The van der Waals surface area contributed by atoms with Gasteiger partial charge >= 0.3 is 0 Å². The molecule has 0 fully saturated rings. The van der Waals surface area contributed by atoms with Gasteiger partial charge in [-0.1, -0.05) is 41.1 Å². The minimum absolute atomic E-state index is 0.634. The number of halogens is 1. The van der Waals surface area contributed by atoms with E-state index >= 15 is 0 Å². The lowest BCUT2D eigenvalue weighted by Crippen LogP contribution is -2.01. The van der Waals surface area contributed by atoms with Gasteiger partial charge in [0.15, 0.2) is 0 Å². The number of hydrogen-bond acceptors (Lipinski definition) is 2. The van der Waals surface area contributed by atoms with E-state index in [0.29, 0.717) is 0 Å². The third kappa shape index (κ3) is 2.65. The van der Waals surface area contributed by atoms with Crippen molar-refractivity contribution in [2.24, 2.45) is 0 Å². The van der Waals surface area contributed by atoms with Crippen molar-refractivity contribution in [3.63, 3.8) is 0 Å². The second kappa shape index (κ2) is 5.67. The van der Waals surface area contributed by atoms with Gasteiger partial charge in [-0.2, -0.15) is 5.10 Å². The summed E-state index contributed by atoms with van der Waals surface area (Å²) in [4.78, 5) is 0. The fourth-order valence-corrected chi connectivity index (χ4v) is 2.41. The summed E-state index contributed by atoms with van der Waals surface area (Å²) in [7, 11) is 0. The predicted octanol–water partition coefficient (Wildman–Crippen LogP) is 3.45. The molecule has 4 heteroatoms. The number of aromatic nitrogens is 2. The molecule has 2 rings (SSSR count). The minimum Gasteiger partial charge on any atom is -0.383 e. The molecule has 0 amide bonds. The normalized spacial score (nSPS) is 12.7. The van der Waals surface area contributed by atoms with E-state index in [4.69, 9.17) is 0 Å². The molecule has 1 heterocycles. The molecule has 96 valence electrons. The Bertz CT molecular complexity index is 536. The maximum atomic E-state index is 10.4. The smallest absolute Gasteiger partial charge is 0.108 e. The molecule has 0 saturated carbocycles. The van der Waals surface area contributed by atoms with E-state index in [-0.39, 0.29) is 0 Å². The molecule has 1 aromatic carbocycles. The molecule has 0 radical (unpaired) electrons. The van der Waals surface area contributed by atoms with Crippen LogP contribution in [0.4, 0.5) is 0 Å². The molecule has 1 atom stereocenters. The quantitative estimate of drug-likeness (QED) is 0.939. The number of hydrogen-bond donors (Lipinski definition) is 1. The predicted molar refractivity (Wildman–Crippen MR) is 75.5 cm³/mol. The van der Waals surface area contributed by atoms with Crippen molar-refractivity contribution in [3.8, 4) is 0 Å². The van der Waals surface area contributed by atoms with Gasteiger partial charge in [0.25, 0.3) is 0 Å². The molecule has 1 aromatic heterocycles. The van der Waals surface area contributed by atoms with Crippen molar-refractivity contribution in [3.05, 3.63) is 51.8 Å². The van der Waals surface area contributed by atoms with E-state index in [2.05, 4.69) is 28.0 Å². The first-order chi connectivity index (χ1) is 8.63. The van der Waals surface area contributed by atoms with Gasteiger partial charge in [0.05, 0.1) is 6.20 Å². The number of nitrogens with zero attached hydrogens (tertiary/aromatic N) is 2. The highest BCUT2D eigenvalue weighted by Gasteiger charge is 2.16. The highest BCUT2D eigenvalue weighted by Crippen LogP contribution is 2.30. The maximum absolute atomic E-state index is 10.4. The van der Waals surface area contributed by atoms with Crippen LogP contribution in [0.15, 0.2) is 35.1 Å². The number of aliphatic hydroxyl groups excluding tert-OH is 1. The summed E-state index contributed by atoms with van der Waals surface area (Å²) in [5.41, 5.74) is 2.83. The summed E-state index contributed by atoms with van der Waals surface area (Å²) in [5, 5.41) is 14.6. The van der Waals surface area contributed by atoms with E-state index in [9.17, 15) is 5.11 Å². The largest absolute Gasteiger partial charge is 0.383 e. The van der Waals surface area contributed by atoms with Gasteiger partial charge in [0.1, 0.15) is 6.10 Å². The van der Waals surface area contributed by atoms with Gasteiger partial charge in [-0.3, -0.25) is 4.68 Å². The summed E-state index contributed by atoms with van der Waals surface area (Å²) < 4.78 is 2.82. The molecule has 2 aromatic rings. The van der Waals surface area contributed by atoms with Crippen molar-refractivity contribution in [1.82, 2.24) is 9.78 Å². The molecule has 0 aliphatic rings. The molecular weight excluding hydrogens is 292 g/mol. The monoisotopic (exact) mass is 308 g/mol. The van der Waals surface area contributed by atoms with E-state index in [1.807, 2.05) is 36.0 Å². The lowest BCUT2D eigenvalue weighted by molar-refractivity contribution is 0.219. The van der Waals surface area contributed by atoms with Gasteiger partial charge in [-0.15, -0.1) is 0 Å². The van der Waals surface area contributed by atoms with Crippen LogP contribution in [0.3, 0.4) is 0 Å². The molecule has 0 aliphatic heterocycles. The zero-order valence-corrected chi connectivity index (χ0v) is 12.2. The van der Waals surface area contributed by atoms with Crippen LogP contribution in [0.2, 0.25) is 0 Å². The Hall–Kier alpha value is -1.13. The Morgan fingerprint density at radius 1 is 1.44 bits per heavy atom. The zero-order chi connectivity index (χ0) is 13.1. The first-order valence-corrected chi connectivity index (χ1v) is 6.88. The van der Waals surface area contributed by atoms with E-state index < -0.39 is 6.10 Å². The number of benzene rings is 1. The minimum atomic E-state index is -0.634. The number of aryl methyl sites for hydroxylation is 2. The Morgan fingerprint density at radius 3 is 2.94 bits per heavy atom. The molecular formula is C14H17BrN2O. The van der Waals surface area contributed by atoms with Crippen molar-refractivity contribution in [2.75, 3.05) is 0 Å². The summed E-state index contributed by atoms with van der Waals surface area (Å²) in [5.74, 6) is 0. The van der Waals surface area contributed by atoms with Gasteiger partial charge in [0.2, 0.25) is 0 Å². The summed E-state index contributed by atoms with van der Waals surface area (Å²) >= 11 is 3.53. The van der Waals surface area contributed by atoms with Crippen molar-refractivity contribution in [1.29, 1.82) is 0 Å². The lowest BCUT2D eigenvalue weighted by Gasteiger charge is -2.12. The summed E-state index contributed by atoms with van der Waals surface area (Å²) in [6.45, 7) is 5.00. The van der Waals surface area contributed by atoms with Crippen LogP contribution >= 0.6 is 15.9 Å². The number of rotatable bonds is 4. The van der Waals surface area contributed by atoms with Crippen LogP contribution in [0.25, 0.3) is 0 Å². The second-order valence-electron chi connectivity index (χ2n) is 4.42.